The van der Waals surface area contributed by atoms with Crippen LogP contribution in [0.5, 0.6) is 0 Å². The van der Waals surface area contributed by atoms with Crippen LogP contribution in [-0.2, 0) is 14.8 Å². The highest BCUT2D eigenvalue weighted by Gasteiger charge is 2.33. The number of piperidine rings is 1. The van der Waals surface area contributed by atoms with Gasteiger partial charge in [-0.1, -0.05) is 42.5 Å². The summed E-state index contributed by atoms with van der Waals surface area (Å²) >= 11 is 0. The molecule has 7 nitrogen and oxygen atoms in total. The highest BCUT2D eigenvalue weighted by atomic mass is 32.2. The van der Waals surface area contributed by atoms with Crippen LogP contribution in [0.4, 0.5) is 10.1 Å². The smallest absolute Gasteiger partial charge is 0.253 e. The maximum Gasteiger partial charge on any atom is 0.253 e. The lowest BCUT2D eigenvalue weighted by Crippen LogP contribution is -2.43. The molecule has 1 fully saturated rings. The fraction of sp³-hybridized carbons (Fsp3) is 0.259. The lowest BCUT2D eigenvalue weighted by molar-refractivity contribution is -0.120. The summed E-state index contributed by atoms with van der Waals surface area (Å²) < 4.78 is 40.5. The zero-order valence-electron chi connectivity index (χ0n) is 19.9. The molecule has 0 spiro atoms. The van der Waals surface area contributed by atoms with Crippen LogP contribution < -0.4 is 10.6 Å². The predicted octanol–water partition coefficient (Wildman–Crippen LogP) is 4.36. The summed E-state index contributed by atoms with van der Waals surface area (Å²) in [5, 5.41) is 5.77. The molecule has 0 bridgehead atoms. The van der Waals surface area contributed by atoms with Crippen molar-refractivity contribution in [1.82, 2.24) is 9.62 Å². The summed E-state index contributed by atoms with van der Waals surface area (Å²) in [4.78, 5) is 26.1. The minimum absolute atomic E-state index is 0.00491. The number of sulfonamides is 1. The van der Waals surface area contributed by atoms with E-state index in [2.05, 4.69) is 10.6 Å². The number of rotatable bonds is 7. The highest BCUT2D eigenvalue weighted by molar-refractivity contribution is 7.89. The van der Waals surface area contributed by atoms with Gasteiger partial charge < -0.3 is 10.6 Å². The molecule has 36 heavy (non-hydrogen) atoms. The second kappa shape index (κ2) is 11.0. The maximum atomic E-state index is 13.2. The molecule has 2 atom stereocenters. The third-order valence-electron chi connectivity index (χ3n) is 6.28. The van der Waals surface area contributed by atoms with E-state index in [0.717, 1.165) is 17.7 Å². The first-order valence-corrected chi connectivity index (χ1v) is 13.2. The normalized spacial score (nSPS) is 17.2. The van der Waals surface area contributed by atoms with Crippen molar-refractivity contribution in [2.24, 2.45) is 5.92 Å². The van der Waals surface area contributed by atoms with Gasteiger partial charge in [-0.05, 0) is 61.7 Å². The van der Waals surface area contributed by atoms with Crippen molar-refractivity contribution in [3.05, 3.63) is 95.8 Å². The molecule has 1 aliphatic heterocycles. The van der Waals surface area contributed by atoms with Gasteiger partial charge >= 0.3 is 0 Å². The SMILES string of the molecule is C[C@@H](NC(=O)c1ccccc1NC(=O)[C@H]1CCCN(S(=O)(=O)c2ccc(F)cc2)C1)c1ccccc1. The number of anilines is 1. The molecular formula is C27H28FN3O4S. The summed E-state index contributed by atoms with van der Waals surface area (Å²) in [6.45, 7) is 2.16. The number of hydrogen-bond donors (Lipinski definition) is 2. The number of nitrogens with zero attached hydrogens (tertiary/aromatic N) is 1. The van der Waals surface area contributed by atoms with E-state index in [9.17, 15) is 22.4 Å². The van der Waals surface area contributed by atoms with E-state index in [0.29, 0.717) is 24.1 Å². The summed E-state index contributed by atoms with van der Waals surface area (Å²) in [6, 6.07) is 20.7. The minimum Gasteiger partial charge on any atom is -0.345 e. The molecule has 1 aliphatic rings. The number of nitrogens with one attached hydrogen (secondary N) is 2. The number of carbonyl (C=O) groups excluding carboxylic acids is 2. The number of halogens is 1. The van der Waals surface area contributed by atoms with Crippen molar-refractivity contribution in [3.63, 3.8) is 0 Å². The van der Waals surface area contributed by atoms with Crippen molar-refractivity contribution in [3.8, 4) is 0 Å². The lowest BCUT2D eigenvalue weighted by atomic mass is 9.98. The summed E-state index contributed by atoms with van der Waals surface area (Å²) in [6.07, 6.45) is 1.02. The molecule has 188 valence electrons. The Bertz CT molecular complexity index is 1330. The summed E-state index contributed by atoms with van der Waals surface area (Å²) in [5.74, 6) is -1.80. The topological polar surface area (TPSA) is 95.6 Å². The molecule has 1 heterocycles. The van der Waals surface area contributed by atoms with Crippen LogP contribution in [0.3, 0.4) is 0 Å². The van der Waals surface area contributed by atoms with E-state index in [1.165, 1.54) is 16.4 Å². The van der Waals surface area contributed by atoms with Crippen LogP contribution >= 0.6 is 0 Å². The summed E-state index contributed by atoms with van der Waals surface area (Å²) in [5.41, 5.74) is 1.64. The highest BCUT2D eigenvalue weighted by Crippen LogP contribution is 2.26. The Morgan fingerprint density at radius 1 is 0.972 bits per heavy atom. The largest absolute Gasteiger partial charge is 0.345 e. The first-order chi connectivity index (χ1) is 17.3. The molecule has 9 heteroatoms. The molecule has 2 amide bonds. The number of carbonyl (C=O) groups is 2. The molecule has 2 N–H and O–H groups in total. The molecule has 0 aliphatic carbocycles. The van der Waals surface area contributed by atoms with Crippen molar-refractivity contribution >= 4 is 27.5 Å². The number of para-hydroxylation sites is 1. The number of hydrogen-bond acceptors (Lipinski definition) is 4. The standard InChI is InChI=1S/C27H28FN3O4S/c1-19(20-8-3-2-4-9-20)29-27(33)24-11-5-6-12-25(24)30-26(32)21-10-7-17-31(18-21)36(34,35)23-15-13-22(28)14-16-23/h2-6,8-9,11-16,19,21H,7,10,17-18H2,1H3,(H,29,33)(H,30,32)/t19-,21+/m1/s1. The van der Waals surface area contributed by atoms with Gasteiger partial charge in [0.15, 0.2) is 0 Å². The van der Waals surface area contributed by atoms with Crippen molar-refractivity contribution in [1.29, 1.82) is 0 Å². The van der Waals surface area contributed by atoms with Crippen LogP contribution in [0, 0.1) is 11.7 Å². The van der Waals surface area contributed by atoms with Crippen LogP contribution in [0.2, 0.25) is 0 Å². The average Bonchev–Trinajstić information content (AvgIpc) is 2.89. The Hall–Kier alpha value is -3.56. The Morgan fingerprint density at radius 2 is 1.64 bits per heavy atom. The van der Waals surface area contributed by atoms with E-state index in [-0.39, 0.29) is 35.8 Å². The first kappa shape index (κ1) is 25.5. The lowest BCUT2D eigenvalue weighted by Gasteiger charge is -2.31. The van der Waals surface area contributed by atoms with E-state index >= 15 is 0 Å². The van der Waals surface area contributed by atoms with Gasteiger partial charge in [0.25, 0.3) is 5.91 Å². The predicted molar refractivity (Wildman–Crippen MR) is 135 cm³/mol. The van der Waals surface area contributed by atoms with Gasteiger partial charge in [-0.15, -0.1) is 0 Å². The van der Waals surface area contributed by atoms with Crippen molar-refractivity contribution in [2.75, 3.05) is 18.4 Å². The van der Waals surface area contributed by atoms with Gasteiger partial charge in [0.2, 0.25) is 15.9 Å². The Kier molecular flexibility index (Phi) is 7.81. The quantitative estimate of drug-likeness (QED) is 0.495. The van der Waals surface area contributed by atoms with Crippen LogP contribution in [0.15, 0.2) is 83.8 Å². The van der Waals surface area contributed by atoms with Gasteiger partial charge in [0.05, 0.1) is 28.1 Å². The Morgan fingerprint density at radius 3 is 2.36 bits per heavy atom. The van der Waals surface area contributed by atoms with Crippen molar-refractivity contribution in [2.45, 2.75) is 30.7 Å². The Labute approximate surface area is 210 Å². The van der Waals surface area contributed by atoms with Gasteiger partial charge in [-0.3, -0.25) is 9.59 Å². The molecule has 4 rings (SSSR count). The molecule has 3 aromatic carbocycles. The van der Waals surface area contributed by atoms with Crippen LogP contribution in [0.1, 0.15) is 41.7 Å². The second-order valence-corrected chi connectivity index (χ2v) is 10.7. The van der Waals surface area contributed by atoms with E-state index in [1.807, 2.05) is 37.3 Å². The molecule has 0 aromatic heterocycles. The summed E-state index contributed by atoms with van der Waals surface area (Å²) in [7, 11) is -3.86. The van der Waals surface area contributed by atoms with Gasteiger partial charge in [-0.25, -0.2) is 12.8 Å². The molecule has 3 aromatic rings. The number of benzene rings is 3. The van der Waals surface area contributed by atoms with E-state index in [4.69, 9.17) is 0 Å². The van der Waals surface area contributed by atoms with E-state index in [1.54, 1.807) is 24.3 Å². The molecule has 1 saturated heterocycles. The van der Waals surface area contributed by atoms with E-state index < -0.39 is 21.8 Å². The van der Waals surface area contributed by atoms with Crippen LogP contribution in [-0.4, -0.2) is 37.6 Å². The minimum atomic E-state index is -3.86. The molecule has 0 unspecified atom stereocenters. The average molecular weight is 510 g/mol. The monoisotopic (exact) mass is 509 g/mol. The second-order valence-electron chi connectivity index (χ2n) is 8.80. The number of amides is 2. The zero-order chi connectivity index (χ0) is 25.7. The van der Waals surface area contributed by atoms with Gasteiger partial charge in [-0.2, -0.15) is 4.31 Å². The fourth-order valence-electron chi connectivity index (χ4n) is 4.25. The Balaban J connectivity index is 1.45. The fourth-order valence-corrected chi connectivity index (χ4v) is 5.78. The van der Waals surface area contributed by atoms with Crippen LogP contribution in [0.25, 0.3) is 0 Å². The maximum absolute atomic E-state index is 13.2. The molecular weight excluding hydrogens is 481 g/mol. The van der Waals surface area contributed by atoms with Gasteiger partial charge in [0.1, 0.15) is 5.82 Å². The third-order valence-corrected chi connectivity index (χ3v) is 8.16. The van der Waals surface area contributed by atoms with Gasteiger partial charge in [0, 0.05) is 13.1 Å². The zero-order valence-corrected chi connectivity index (χ0v) is 20.7. The third kappa shape index (κ3) is 5.80. The van der Waals surface area contributed by atoms with Crippen molar-refractivity contribution < 1.29 is 22.4 Å². The molecule has 0 saturated carbocycles. The first-order valence-electron chi connectivity index (χ1n) is 11.8. The molecule has 0 radical (unpaired) electrons.